The summed E-state index contributed by atoms with van der Waals surface area (Å²) < 4.78 is 28.7. The molecule has 0 heterocycles. The predicted octanol–water partition coefficient (Wildman–Crippen LogP) is 5.30. The standard InChI is InChI=1S/C26H29N3O4S/c1-17-9-12-20(26(3,4)5)15-24(17)34(32,33)29-21-13-10-19(11-14-21)25(31)28-23-8-6-7-22(16-23)27-18(2)30/h6-16,29H,1-5H3,(H,27,30)(H,28,31). The van der Waals surface area contributed by atoms with Gasteiger partial charge in [-0.1, -0.05) is 39.0 Å². The van der Waals surface area contributed by atoms with Crippen LogP contribution in [0.5, 0.6) is 0 Å². The summed E-state index contributed by atoms with van der Waals surface area (Å²) in [7, 11) is -3.81. The Bertz CT molecular complexity index is 1320. The van der Waals surface area contributed by atoms with E-state index in [4.69, 9.17) is 0 Å². The molecule has 0 bridgehead atoms. The first-order chi connectivity index (χ1) is 15.8. The highest BCUT2D eigenvalue weighted by molar-refractivity contribution is 7.92. The monoisotopic (exact) mass is 479 g/mol. The molecule has 0 aliphatic heterocycles. The quantitative estimate of drug-likeness (QED) is 0.446. The molecule has 0 fully saturated rings. The zero-order valence-electron chi connectivity index (χ0n) is 19.9. The van der Waals surface area contributed by atoms with Gasteiger partial charge in [0.1, 0.15) is 0 Å². The second kappa shape index (κ2) is 9.69. The van der Waals surface area contributed by atoms with Crippen LogP contribution in [-0.4, -0.2) is 20.2 Å². The summed E-state index contributed by atoms with van der Waals surface area (Å²) in [5.74, 6) is -0.565. The number of aryl methyl sites for hydroxylation is 1. The smallest absolute Gasteiger partial charge is 0.262 e. The fourth-order valence-electron chi connectivity index (χ4n) is 3.34. The molecular weight excluding hydrogens is 450 g/mol. The van der Waals surface area contributed by atoms with E-state index in [0.717, 1.165) is 5.56 Å². The van der Waals surface area contributed by atoms with Crippen LogP contribution in [0.3, 0.4) is 0 Å². The van der Waals surface area contributed by atoms with E-state index in [1.807, 2.05) is 32.9 Å². The Hall–Kier alpha value is -3.65. The number of sulfonamides is 1. The van der Waals surface area contributed by atoms with Crippen LogP contribution in [0.2, 0.25) is 0 Å². The molecule has 0 atom stereocenters. The molecule has 3 N–H and O–H groups in total. The van der Waals surface area contributed by atoms with Crippen molar-refractivity contribution in [3.63, 3.8) is 0 Å². The number of benzene rings is 3. The Morgan fingerprint density at radius 2 is 1.41 bits per heavy atom. The fraction of sp³-hybridized carbons (Fsp3) is 0.231. The minimum absolute atomic E-state index is 0.186. The zero-order valence-corrected chi connectivity index (χ0v) is 20.7. The third-order valence-corrected chi connectivity index (χ3v) is 6.71. The highest BCUT2D eigenvalue weighted by Crippen LogP contribution is 2.28. The zero-order chi connectivity index (χ0) is 25.1. The van der Waals surface area contributed by atoms with E-state index in [-0.39, 0.29) is 22.1 Å². The first-order valence-corrected chi connectivity index (χ1v) is 12.3. The van der Waals surface area contributed by atoms with Crippen molar-refractivity contribution in [2.75, 3.05) is 15.4 Å². The predicted molar refractivity (Wildman–Crippen MR) is 136 cm³/mol. The highest BCUT2D eigenvalue weighted by Gasteiger charge is 2.21. The topological polar surface area (TPSA) is 104 Å². The Balaban J connectivity index is 1.75. The van der Waals surface area contributed by atoms with Crippen molar-refractivity contribution in [3.05, 3.63) is 83.4 Å². The van der Waals surface area contributed by atoms with E-state index in [1.54, 1.807) is 61.5 Å². The van der Waals surface area contributed by atoms with Gasteiger partial charge in [0.05, 0.1) is 4.90 Å². The van der Waals surface area contributed by atoms with Crippen LogP contribution in [0, 0.1) is 6.92 Å². The van der Waals surface area contributed by atoms with E-state index in [0.29, 0.717) is 28.2 Å². The highest BCUT2D eigenvalue weighted by atomic mass is 32.2. The van der Waals surface area contributed by atoms with Crippen LogP contribution in [0.25, 0.3) is 0 Å². The molecule has 178 valence electrons. The second-order valence-corrected chi connectivity index (χ2v) is 10.8. The summed E-state index contributed by atoms with van der Waals surface area (Å²) in [6, 6.07) is 18.4. The summed E-state index contributed by atoms with van der Waals surface area (Å²) in [4.78, 5) is 24.0. The van der Waals surface area contributed by atoms with Gasteiger partial charge in [-0.25, -0.2) is 8.42 Å². The Kier molecular flexibility index (Phi) is 7.12. The van der Waals surface area contributed by atoms with Crippen LogP contribution in [0.1, 0.15) is 49.2 Å². The summed E-state index contributed by atoms with van der Waals surface area (Å²) in [6.45, 7) is 9.25. The van der Waals surface area contributed by atoms with Gasteiger partial charge in [0.25, 0.3) is 15.9 Å². The van der Waals surface area contributed by atoms with Crippen molar-refractivity contribution in [1.29, 1.82) is 0 Å². The molecule has 34 heavy (non-hydrogen) atoms. The van der Waals surface area contributed by atoms with E-state index >= 15 is 0 Å². The number of nitrogens with one attached hydrogen (secondary N) is 3. The van der Waals surface area contributed by atoms with Crippen molar-refractivity contribution >= 4 is 38.9 Å². The molecule has 7 nitrogen and oxygen atoms in total. The number of carbonyl (C=O) groups excluding carboxylic acids is 2. The molecule has 0 aliphatic rings. The normalized spacial score (nSPS) is 11.6. The number of hydrogen-bond acceptors (Lipinski definition) is 4. The number of hydrogen-bond donors (Lipinski definition) is 3. The van der Waals surface area contributed by atoms with Gasteiger partial charge in [0.15, 0.2) is 0 Å². The van der Waals surface area contributed by atoms with Crippen LogP contribution >= 0.6 is 0 Å². The molecule has 0 saturated carbocycles. The minimum atomic E-state index is -3.81. The first-order valence-electron chi connectivity index (χ1n) is 10.8. The van der Waals surface area contributed by atoms with Crippen molar-refractivity contribution in [2.24, 2.45) is 0 Å². The lowest BCUT2D eigenvalue weighted by Crippen LogP contribution is -2.17. The third-order valence-electron chi connectivity index (χ3n) is 5.18. The molecule has 3 aromatic carbocycles. The number of anilines is 3. The van der Waals surface area contributed by atoms with Gasteiger partial charge in [0.2, 0.25) is 5.91 Å². The summed E-state index contributed by atoms with van der Waals surface area (Å²) in [5.41, 5.74) is 3.19. The molecule has 0 saturated heterocycles. The van der Waals surface area contributed by atoms with Crippen molar-refractivity contribution in [2.45, 2.75) is 44.9 Å². The van der Waals surface area contributed by atoms with Crippen molar-refractivity contribution < 1.29 is 18.0 Å². The van der Waals surface area contributed by atoms with Crippen molar-refractivity contribution in [3.8, 4) is 0 Å². The maximum Gasteiger partial charge on any atom is 0.262 e. The first kappa shape index (κ1) is 25.0. The van der Waals surface area contributed by atoms with Gasteiger partial charge >= 0.3 is 0 Å². The van der Waals surface area contributed by atoms with Gasteiger partial charge in [0, 0.05) is 29.5 Å². The Morgan fingerprint density at radius 1 is 0.794 bits per heavy atom. The molecule has 0 aliphatic carbocycles. The van der Waals surface area contributed by atoms with E-state index in [2.05, 4.69) is 15.4 Å². The number of rotatable bonds is 6. The molecular formula is C26H29N3O4S. The van der Waals surface area contributed by atoms with E-state index in [9.17, 15) is 18.0 Å². The maximum absolute atomic E-state index is 13.0. The van der Waals surface area contributed by atoms with E-state index < -0.39 is 10.0 Å². The molecule has 0 radical (unpaired) electrons. The lowest BCUT2D eigenvalue weighted by atomic mass is 9.87. The maximum atomic E-state index is 13.0. The molecule has 8 heteroatoms. The number of amides is 2. The molecule has 0 aromatic heterocycles. The molecule has 0 spiro atoms. The fourth-order valence-corrected chi connectivity index (χ4v) is 4.67. The van der Waals surface area contributed by atoms with Gasteiger partial charge in [-0.3, -0.25) is 14.3 Å². The average molecular weight is 480 g/mol. The third kappa shape index (κ3) is 6.23. The summed E-state index contributed by atoms with van der Waals surface area (Å²) >= 11 is 0. The van der Waals surface area contributed by atoms with E-state index in [1.165, 1.54) is 6.92 Å². The van der Waals surface area contributed by atoms with Crippen molar-refractivity contribution in [1.82, 2.24) is 0 Å². The van der Waals surface area contributed by atoms with Gasteiger partial charge in [-0.05, 0) is 72.0 Å². The largest absolute Gasteiger partial charge is 0.326 e. The Morgan fingerprint density at radius 3 is 2.00 bits per heavy atom. The summed E-state index contributed by atoms with van der Waals surface area (Å²) in [5, 5.41) is 5.43. The minimum Gasteiger partial charge on any atom is -0.326 e. The van der Waals surface area contributed by atoms with Gasteiger partial charge < -0.3 is 10.6 Å². The van der Waals surface area contributed by atoms with Crippen LogP contribution < -0.4 is 15.4 Å². The lowest BCUT2D eigenvalue weighted by Gasteiger charge is -2.21. The van der Waals surface area contributed by atoms with Crippen LogP contribution in [0.15, 0.2) is 71.6 Å². The molecule has 3 rings (SSSR count). The second-order valence-electron chi connectivity index (χ2n) is 9.13. The molecule has 0 unspecified atom stereocenters. The molecule has 2 amide bonds. The van der Waals surface area contributed by atoms with Gasteiger partial charge in [-0.15, -0.1) is 0 Å². The lowest BCUT2D eigenvalue weighted by molar-refractivity contribution is -0.114. The van der Waals surface area contributed by atoms with Crippen LogP contribution in [0.4, 0.5) is 17.1 Å². The number of carbonyl (C=O) groups is 2. The van der Waals surface area contributed by atoms with Gasteiger partial charge in [-0.2, -0.15) is 0 Å². The summed E-state index contributed by atoms with van der Waals surface area (Å²) in [6.07, 6.45) is 0. The Labute approximate surface area is 200 Å². The SMILES string of the molecule is CC(=O)Nc1cccc(NC(=O)c2ccc(NS(=O)(=O)c3cc(C(C)(C)C)ccc3C)cc2)c1. The average Bonchev–Trinajstić information content (AvgIpc) is 2.73. The molecule has 3 aromatic rings. The van der Waals surface area contributed by atoms with Crippen LogP contribution in [-0.2, 0) is 20.2 Å².